The maximum Gasteiger partial charge on any atom is 0.338 e. The maximum atomic E-state index is 12.0. The van der Waals surface area contributed by atoms with Crippen molar-refractivity contribution in [3.8, 4) is 5.75 Å². The number of Topliss-reactive ketones (excluding diaryl/α,β-unsaturated/α-hetero) is 1. The van der Waals surface area contributed by atoms with Crippen molar-refractivity contribution in [3.63, 3.8) is 0 Å². The molecule has 4 nitrogen and oxygen atoms in total. The van der Waals surface area contributed by atoms with Gasteiger partial charge in [0.15, 0.2) is 6.61 Å². The molecule has 0 N–H and O–H groups in total. The van der Waals surface area contributed by atoms with Crippen LogP contribution in [0.15, 0.2) is 70.5 Å². The lowest BCUT2D eigenvalue weighted by molar-refractivity contribution is 0.0476. The van der Waals surface area contributed by atoms with Crippen molar-refractivity contribution < 1.29 is 19.1 Å². The summed E-state index contributed by atoms with van der Waals surface area (Å²) in [6, 6.07) is 18.0. The van der Waals surface area contributed by atoms with E-state index in [0.717, 1.165) is 15.8 Å². The quantitative estimate of drug-likeness (QED) is 0.385. The Balaban J connectivity index is 1.50. The second kappa shape index (κ2) is 8.78. The number of hydrogen-bond donors (Lipinski definition) is 0. The highest BCUT2D eigenvalue weighted by molar-refractivity contribution is 9.10. The van der Waals surface area contributed by atoms with E-state index in [2.05, 4.69) is 15.9 Å². The van der Waals surface area contributed by atoms with Crippen LogP contribution in [0.1, 0.15) is 25.6 Å². The van der Waals surface area contributed by atoms with E-state index in [-0.39, 0.29) is 12.4 Å². The molecule has 0 fully saturated rings. The highest BCUT2D eigenvalue weighted by Crippen LogP contribution is 2.18. The van der Waals surface area contributed by atoms with Crippen LogP contribution in [-0.2, 0) is 11.3 Å². The van der Waals surface area contributed by atoms with E-state index in [1.54, 1.807) is 36.4 Å². The molecule has 0 amide bonds. The summed E-state index contributed by atoms with van der Waals surface area (Å²) >= 11 is 4.70. The van der Waals surface area contributed by atoms with Gasteiger partial charge in [0.25, 0.3) is 0 Å². The van der Waals surface area contributed by atoms with Crippen molar-refractivity contribution in [1.82, 2.24) is 0 Å². The SMILES string of the molecule is O=C(OCC(=O)c1cccs1)c1ccc(COc2ccc(Br)cc2)cc1. The van der Waals surface area contributed by atoms with Gasteiger partial charge in [0.1, 0.15) is 12.4 Å². The van der Waals surface area contributed by atoms with E-state index in [0.29, 0.717) is 17.0 Å². The first-order valence-corrected chi connectivity index (χ1v) is 9.50. The average Bonchev–Trinajstić information content (AvgIpc) is 3.21. The molecular weight excluding hydrogens is 416 g/mol. The smallest absolute Gasteiger partial charge is 0.338 e. The first kappa shape index (κ1) is 18.4. The van der Waals surface area contributed by atoms with Gasteiger partial charge in [0.05, 0.1) is 10.4 Å². The van der Waals surface area contributed by atoms with E-state index in [1.165, 1.54) is 11.3 Å². The van der Waals surface area contributed by atoms with Gasteiger partial charge in [0.2, 0.25) is 5.78 Å². The second-order valence-electron chi connectivity index (χ2n) is 5.42. The molecule has 0 spiro atoms. The molecule has 0 saturated heterocycles. The van der Waals surface area contributed by atoms with Crippen LogP contribution in [0.25, 0.3) is 0 Å². The van der Waals surface area contributed by atoms with E-state index < -0.39 is 5.97 Å². The van der Waals surface area contributed by atoms with Crippen molar-refractivity contribution in [3.05, 3.63) is 86.5 Å². The molecule has 0 saturated carbocycles. The van der Waals surface area contributed by atoms with Gasteiger partial charge >= 0.3 is 5.97 Å². The Bertz CT molecular complexity index is 871. The molecule has 1 heterocycles. The van der Waals surface area contributed by atoms with Gasteiger partial charge in [0, 0.05) is 4.47 Å². The molecule has 2 aromatic carbocycles. The third kappa shape index (κ3) is 5.03. The van der Waals surface area contributed by atoms with Gasteiger partial charge < -0.3 is 9.47 Å². The molecular formula is C20H15BrO4S. The second-order valence-corrected chi connectivity index (χ2v) is 7.28. The minimum atomic E-state index is -0.518. The molecule has 132 valence electrons. The zero-order valence-corrected chi connectivity index (χ0v) is 16.1. The standard InChI is InChI=1S/C20H15BrO4S/c21-16-7-9-17(10-8-16)24-12-14-3-5-15(6-4-14)20(23)25-13-18(22)19-2-1-11-26-19/h1-11H,12-13H2. The normalized spacial score (nSPS) is 10.3. The predicted octanol–water partition coefficient (Wildman–Crippen LogP) is 5.13. The van der Waals surface area contributed by atoms with Gasteiger partial charge in [-0.1, -0.05) is 34.1 Å². The van der Waals surface area contributed by atoms with Crippen molar-refractivity contribution in [2.45, 2.75) is 6.61 Å². The summed E-state index contributed by atoms with van der Waals surface area (Å²) in [5.41, 5.74) is 1.33. The van der Waals surface area contributed by atoms with Gasteiger partial charge in [-0.2, -0.15) is 0 Å². The van der Waals surface area contributed by atoms with Crippen LogP contribution in [0.4, 0.5) is 0 Å². The largest absolute Gasteiger partial charge is 0.489 e. The number of benzene rings is 2. The lowest BCUT2D eigenvalue weighted by Gasteiger charge is -2.07. The lowest BCUT2D eigenvalue weighted by atomic mass is 10.1. The molecule has 3 aromatic rings. The van der Waals surface area contributed by atoms with Crippen molar-refractivity contribution in [1.29, 1.82) is 0 Å². The molecule has 1 aromatic heterocycles. The van der Waals surface area contributed by atoms with Crippen LogP contribution in [0, 0.1) is 0 Å². The predicted molar refractivity (Wildman–Crippen MR) is 104 cm³/mol. The maximum absolute atomic E-state index is 12.0. The lowest BCUT2D eigenvalue weighted by Crippen LogP contribution is -2.13. The van der Waals surface area contributed by atoms with Crippen molar-refractivity contribution >= 4 is 39.0 Å². The van der Waals surface area contributed by atoms with Crippen molar-refractivity contribution in [2.24, 2.45) is 0 Å². The van der Waals surface area contributed by atoms with E-state index >= 15 is 0 Å². The van der Waals surface area contributed by atoms with Crippen molar-refractivity contribution in [2.75, 3.05) is 6.61 Å². The number of halogens is 1. The number of hydrogen-bond acceptors (Lipinski definition) is 5. The molecule has 26 heavy (non-hydrogen) atoms. The molecule has 0 aliphatic rings. The molecule has 0 unspecified atom stereocenters. The van der Waals surface area contributed by atoms with Crippen LogP contribution in [0.5, 0.6) is 5.75 Å². The molecule has 0 bridgehead atoms. The third-order valence-corrected chi connectivity index (χ3v) is 4.98. The zero-order valence-electron chi connectivity index (χ0n) is 13.7. The van der Waals surface area contributed by atoms with Crippen LogP contribution in [-0.4, -0.2) is 18.4 Å². The zero-order chi connectivity index (χ0) is 18.4. The summed E-state index contributed by atoms with van der Waals surface area (Å²) in [6.07, 6.45) is 0. The molecule has 0 radical (unpaired) electrons. The number of rotatable bonds is 7. The third-order valence-electron chi connectivity index (χ3n) is 3.54. The number of ketones is 1. The van der Waals surface area contributed by atoms with Gasteiger partial charge in [-0.15, -0.1) is 11.3 Å². The molecule has 0 atom stereocenters. The Morgan fingerprint density at radius 2 is 1.69 bits per heavy atom. The number of ether oxygens (including phenoxy) is 2. The summed E-state index contributed by atoms with van der Waals surface area (Å²) in [4.78, 5) is 24.5. The summed E-state index contributed by atoms with van der Waals surface area (Å²) in [5.74, 6) is 0.0481. The summed E-state index contributed by atoms with van der Waals surface area (Å²) in [5, 5.41) is 1.81. The van der Waals surface area contributed by atoms with Gasteiger partial charge in [-0.3, -0.25) is 4.79 Å². The number of carbonyl (C=O) groups excluding carboxylic acids is 2. The Morgan fingerprint density at radius 1 is 0.962 bits per heavy atom. The highest BCUT2D eigenvalue weighted by atomic mass is 79.9. The fraction of sp³-hybridized carbons (Fsp3) is 0.100. The summed E-state index contributed by atoms with van der Waals surface area (Å²) < 4.78 is 11.8. The monoisotopic (exact) mass is 430 g/mol. The molecule has 6 heteroatoms. The van der Waals surface area contributed by atoms with Crippen LogP contribution < -0.4 is 4.74 Å². The first-order chi connectivity index (χ1) is 12.6. The Hall–Kier alpha value is -2.44. The fourth-order valence-corrected chi connectivity index (χ4v) is 3.07. The topological polar surface area (TPSA) is 52.6 Å². The summed E-state index contributed by atoms with van der Waals surface area (Å²) in [6.45, 7) is 0.140. The number of thiophene rings is 1. The summed E-state index contributed by atoms with van der Waals surface area (Å²) in [7, 11) is 0. The van der Waals surface area contributed by atoms with Crippen LogP contribution >= 0.6 is 27.3 Å². The molecule has 0 aliphatic carbocycles. The Morgan fingerprint density at radius 3 is 2.35 bits per heavy atom. The Labute approximate surface area is 163 Å². The first-order valence-electron chi connectivity index (χ1n) is 7.83. The number of esters is 1. The van der Waals surface area contributed by atoms with E-state index in [9.17, 15) is 9.59 Å². The highest BCUT2D eigenvalue weighted by Gasteiger charge is 2.12. The minimum absolute atomic E-state index is 0.201. The number of carbonyl (C=O) groups is 2. The van der Waals surface area contributed by atoms with Crippen LogP contribution in [0.2, 0.25) is 0 Å². The fourth-order valence-electron chi connectivity index (χ4n) is 2.16. The van der Waals surface area contributed by atoms with Gasteiger partial charge in [-0.25, -0.2) is 4.79 Å². The molecule has 3 rings (SSSR count). The molecule has 0 aliphatic heterocycles. The van der Waals surface area contributed by atoms with E-state index in [4.69, 9.17) is 9.47 Å². The van der Waals surface area contributed by atoms with Gasteiger partial charge in [-0.05, 0) is 53.4 Å². The minimum Gasteiger partial charge on any atom is -0.489 e. The van der Waals surface area contributed by atoms with Crippen LogP contribution in [0.3, 0.4) is 0 Å². The Kier molecular flexibility index (Phi) is 6.20. The van der Waals surface area contributed by atoms with E-state index in [1.807, 2.05) is 29.6 Å². The average molecular weight is 431 g/mol.